The first-order chi connectivity index (χ1) is 11.4. The first kappa shape index (κ1) is 19.2. The van der Waals surface area contributed by atoms with E-state index in [9.17, 15) is 0 Å². The van der Waals surface area contributed by atoms with Crippen LogP contribution in [0.5, 0.6) is 0 Å². The predicted octanol–water partition coefficient (Wildman–Crippen LogP) is 1.49. The van der Waals surface area contributed by atoms with Crippen molar-refractivity contribution < 1.29 is 0 Å². The number of guanidine groups is 1. The quantitative estimate of drug-likeness (QED) is 0.424. The van der Waals surface area contributed by atoms with Crippen LogP contribution in [0.3, 0.4) is 0 Å². The Morgan fingerprint density at radius 2 is 1.96 bits per heavy atom. The molecule has 3 rings (SSSR count). The van der Waals surface area contributed by atoms with E-state index in [0.29, 0.717) is 0 Å². The number of hydrogen-bond acceptors (Lipinski definition) is 4. The molecule has 3 heterocycles. The molecule has 7 heteroatoms. The van der Waals surface area contributed by atoms with Crippen molar-refractivity contribution in [1.82, 2.24) is 20.1 Å². The van der Waals surface area contributed by atoms with Gasteiger partial charge in [0.25, 0.3) is 0 Å². The molecule has 1 aromatic rings. The molecule has 1 aromatic heterocycles. The zero-order valence-electron chi connectivity index (χ0n) is 14.5. The van der Waals surface area contributed by atoms with Gasteiger partial charge in [-0.3, -0.25) is 4.99 Å². The number of likely N-dealkylation sites (tertiary alicyclic amines) is 1. The summed E-state index contributed by atoms with van der Waals surface area (Å²) in [7, 11) is 0. The van der Waals surface area contributed by atoms with Gasteiger partial charge in [0, 0.05) is 45.5 Å². The van der Waals surface area contributed by atoms with Crippen LogP contribution in [-0.2, 0) is 0 Å². The van der Waals surface area contributed by atoms with Gasteiger partial charge in [-0.15, -0.1) is 24.0 Å². The third-order valence-electron chi connectivity index (χ3n) is 4.51. The number of anilines is 1. The van der Waals surface area contributed by atoms with Crippen LogP contribution in [-0.4, -0.2) is 79.6 Å². The molecular weight excluding hydrogens is 415 g/mol. The van der Waals surface area contributed by atoms with Crippen LogP contribution in [0.1, 0.15) is 13.3 Å². The number of hydrogen-bond donors (Lipinski definition) is 1. The maximum absolute atomic E-state index is 4.81. The fraction of sp³-hybridized carbons (Fsp3) is 0.647. The highest BCUT2D eigenvalue weighted by atomic mass is 127. The Hall–Kier alpha value is -1.09. The van der Waals surface area contributed by atoms with E-state index in [1.54, 1.807) is 0 Å². The van der Waals surface area contributed by atoms with E-state index in [1.165, 1.54) is 19.5 Å². The summed E-state index contributed by atoms with van der Waals surface area (Å²) in [6.07, 6.45) is 3.21. The summed E-state index contributed by atoms with van der Waals surface area (Å²) in [5, 5.41) is 3.44. The van der Waals surface area contributed by atoms with Crippen molar-refractivity contribution in [1.29, 1.82) is 0 Å². The maximum atomic E-state index is 4.81. The molecule has 0 bridgehead atoms. The number of nitrogens with zero attached hydrogens (tertiary/aromatic N) is 5. The van der Waals surface area contributed by atoms with Gasteiger partial charge in [0.05, 0.1) is 6.54 Å². The van der Waals surface area contributed by atoms with E-state index >= 15 is 0 Å². The molecule has 2 fully saturated rings. The SMILES string of the molecule is CCNC(=NCCN1CCC1)N1CCN(c2ccccn2)CC1.I. The molecule has 0 aliphatic carbocycles. The number of aliphatic imine (C=N–C) groups is 1. The highest BCUT2D eigenvalue weighted by molar-refractivity contribution is 14.0. The number of pyridine rings is 1. The molecule has 0 saturated carbocycles. The fourth-order valence-electron chi connectivity index (χ4n) is 3.02. The van der Waals surface area contributed by atoms with E-state index in [0.717, 1.165) is 57.6 Å². The van der Waals surface area contributed by atoms with Gasteiger partial charge in [0.15, 0.2) is 5.96 Å². The first-order valence-corrected chi connectivity index (χ1v) is 8.78. The molecule has 24 heavy (non-hydrogen) atoms. The lowest BCUT2D eigenvalue weighted by atomic mass is 10.2. The summed E-state index contributed by atoms with van der Waals surface area (Å²) in [6.45, 7) is 11.5. The molecule has 1 N–H and O–H groups in total. The van der Waals surface area contributed by atoms with Crippen LogP contribution in [0.25, 0.3) is 0 Å². The zero-order valence-corrected chi connectivity index (χ0v) is 16.9. The van der Waals surface area contributed by atoms with E-state index in [-0.39, 0.29) is 24.0 Å². The molecule has 2 saturated heterocycles. The lowest BCUT2D eigenvalue weighted by Gasteiger charge is -2.37. The molecule has 2 aliphatic heterocycles. The predicted molar refractivity (Wildman–Crippen MR) is 110 cm³/mol. The van der Waals surface area contributed by atoms with Gasteiger partial charge in [-0.25, -0.2) is 4.98 Å². The van der Waals surface area contributed by atoms with Crippen molar-refractivity contribution in [2.75, 3.05) is 63.8 Å². The van der Waals surface area contributed by atoms with E-state index < -0.39 is 0 Å². The molecule has 0 unspecified atom stereocenters. The topological polar surface area (TPSA) is 47.0 Å². The van der Waals surface area contributed by atoms with E-state index in [2.05, 4.69) is 44.1 Å². The number of halogens is 1. The minimum atomic E-state index is 0. The zero-order chi connectivity index (χ0) is 15.9. The summed E-state index contributed by atoms with van der Waals surface area (Å²) >= 11 is 0. The highest BCUT2D eigenvalue weighted by Gasteiger charge is 2.20. The van der Waals surface area contributed by atoms with Gasteiger partial charge >= 0.3 is 0 Å². The third-order valence-corrected chi connectivity index (χ3v) is 4.51. The fourth-order valence-corrected chi connectivity index (χ4v) is 3.02. The smallest absolute Gasteiger partial charge is 0.194 e. The van der Waals surface area contributed by atoms with Gasteiger partial charge in [-0.2, -0.15) is 0 Å². The number of piperazine rings is 1. The normalized spacial score (nSPS) is 18.8. The summed E-state index contributed by atoms with van der Waals surface area (Å²) in [5.74, 6) is 2.14. The van der Waals surface area contributed by atoms with Crippen LogP contribution in [0.15, 0.2) is 29.4 Å². The lowest BCUT2D eigenvalue weighted by molar-refractivity contribution is 0.187. The van der Waals surface area contributed by atoms with E-state index in [4.69, 9.17) is 4.99 Å². The third kappa shape index (κ3) is 5.20. The van der Waals surface area contributed by atoms with Crippen LogP contribution < -0.4 is 10.2 Å². The molecule has 0 aromatic carbocycles. The van der Waals surface area contributed by atoms with Gasteiger partial charge in [-0.1, -0.05) is 6.07 Å². The Balaban J connectivity index is 0.00000208. The Bertz CT molecular complexity index is 497. The van der Waals surface area contributed by atoms with Crippen molar-refractivity contribution in [3.8, 4) is 0 Å². The van der Waals surface area contributed by atoms with Gasteiger partial charge in [0.1, 0.15) is 5.82 Å². The standard InChI is InChI=1S/C17H28N6.HI/c1-2-18-17(20-8-11-21-9-5-10-21)23-14-12-22(13-15-23)16-6-3-4-7-19-16;/h3-4,6-7H,2,5,8-15H2,1H3,(H,18,20);1H. The summed E-state index contributed by atoms with van der Waals surface area (Å²) in [5.41, 5.74) is 0. The molecule has 0 amide bonds. The van der Waals surface area contributed by atoms with Gasteiger partial charge < -0.3 is 20.0 Å². The molecule has 0 radical (unpaired) electrons. The lowest BCUT2D eigenvalue weighted by Crippen LogP contribution is -2.53. The Labute approximate surface area is 162 Å². The number of rotatable bonds is 5. The van der Waals surface area contributed by atoms with Crippen molar-refractivity contribution in [3.05, 3.63) is 24.4 Å². The van der Waals surface area contributed by atoms with Crippen molar-refractivity contribution in [2.24, 2.45) is 4.99 Å². The summed E-state index contributed by atoms with van der Waals surface area (Å²) < 4.78 is 0. The summed E-state index contributed by atoms with van der Waals surface area (Å²) in [4.78, 5) is 16.4. The summed E-state index contributed by atoms with van der Waals surface area (Å²) in [6, 6.07) is 6.10. The molecule has 0 spiro atoms. The van der Waals surface area contributed by atoms with E-state index in [1.807, 2.05) is 12.3 Å². The molecule has 6 nitrogen and oxygen atoms in total. The maximum Gasteiger partial charge on any atom is 0.194 e. The number of nitrogens with one attached hydrogen (secondary N) is 1. The van der Waals surface area contributed by atoms with Crippen LogP contribution in [0, 0.1) is 0 Å². The Morgan fingerprint density at radius 1 is 1.17 bits per heavy atom. The van der Waals surface area contributed by atoms with Crippen molar-refractivity contribution in [3.63, 3.8) is 0 Å². The Morgan fingerprint density at radius 3 is 2.54 bits per heavy atom. The second kappa shape index (κ2) is 10.0. The Kier molecular flexibility index (Phi) is 8.04. The highest BCUT2D eigenvalue weighted by Crippen LogP contribution is 2.12. The molecule has 2 aliphatic rings. The largest absolute Gasteiger partial charge is 0.357 e. The molecular formula is C17H29IN6. The van der Waals surface area contributed by atoms with Crippen LogP contribution >= 0.6 is 24.0 Å². The second-order valence-electron chi connectivity index (χ2n) is 6.09. The average molecular weight is 444 g/mol. The minimum absolute atomic E-state index is 0. The first-order valence-electron chi connectivity index (χ1n) is 8.78. The average Bonchev–Trinajstić information content (AvgIpc) is 2.57. The van der Waals surface area contributed by atoms with Crippen LogP contribution in [0.4, 0.5) is 5.82 Å². The monoisotopic (exact) mass is 444 g/mol. The van der Waals surface area contributed by atoms with Gasteiger partial charge in [-0.05, 0) is 38.6 Å². The van der Waals surface area contributed by atoms with Crippen molar-refractivity contribution in [2.45, 2.75) is 13.3 Å². The molecule has 134 valence electrons. The van der Waals surface area contributed by atoms with Crippen molar-refractivity contribution >= 4 is 35.8 Å². The minimum Gasteiger partial charge on any atom is -0.357 e. The number of aromatic nitrogens is 1. The van der Waals surface area contributed by atoms with Crippen LogP contribution in [0.2, 0.25) is 0 Å². The molecule has 0 atom stereocenters. The second-order valence-corrected chi connectivity index (χ2v) is 6.09. The van der Waals surface area contributed by atoms with Gasteiger partial charge in [0.2, 0.25) is 0 Å².